The molecule has 0 aliphatic heterocycles. The highest BCUT2D eigenvalue weighted by molar-refractivity contribution is 5.88. The van der Waals surface area contributed by atoms with Gasteiger partial charge in [0.2, 0.25) is 0 Å². The monoisotopic (exact) mass is 227 g/mol. The Morgan fingerprint density at radius 3 is 2.65 bits per heavy atom. The van der Waals surface area contributed by atoms with E-state index in [1.165, 1.54) is 6.20 Å². The highest BCUT2D eigenvalue weighted by atomic mass is 16.5. The van der Waals surface area contributed by atoms with E-state index in [4.69, 9.17) is 4.74 Å². The lowest BCUT2D eigenvalue weighted by Gasteiger charge is -2.04. The summed E-state index contributed by atoms with van der Waals surface area (Å²) in [5.41, 5.74) is 1.65. The summed E-state index contributed by atoms with van der Waals surface area (Å²) < 4.78 is 5.15. The van der Waals surface area contributed by atoms with Gasteiger partial charge in [-0.25, -0.2) is 4.79 Å². The molecule has 2 aromatic rings. The first-order valence-electron chi connectivity index (χ1n) is 5.47. The lowest BCUT2D eigenvalue weighted by molar-refractivity contribution is 0.0509. The maximum Gasteiger partial charge on any atom is 0.339 e. The normalized spacial score (nSPS) is 9.88. The SMILES string of the molecule is O=C(OCCc1ccccc1)c1cccnc1. The number of benzene rings is 1. The summed E-state index contributed by atoms with van der Waals surface area (Å²) in [5, 5.41) is 0. The van der Waals surface area contributed by atoms with Gasteiger partial charge in [-0.3, -0.25) is 4.98 Å². The van der Waals surface area contributed by atoms with Crippen molar-refractivity contribution in [2.24, 2.45) is 0 Å². The second-order valence-electron chi connectivity index (χ2n) is 3.61. The highest BCUT2D eigenvalue weighted by Gasteiger charge is 2.05. The Morgan fingerprint density at radius 2 is 1.94 bits per heavy atom. The third kappa shape index (κ3) is 3.41. The molecule has 0 N–H and O–H groups in total. The number of pyridine rings is 1. The molecule has 0 aliphatic rings. The molecule has 2 rings (SSSR count). The zero-order chi connectivity index (χ0) is 11.9. The van der Waals surface area contributed by atoms with Crippen LogP contribution in [0.1, 0.15) is 15.9 Å². The molecule has 0 atom stereocenters. The molecule has 0 spiro atoms. The van der Waals surface area contributed by atoms with Crippen LogP contribution in [-0.4, -0.2) is 17.6 Å². The summed E-state index contributed by atoms with van der Waals surface area (Å²) in [6.45, 7) is 0.387. The molecule has 86 valence electrons. The summed E-state index contributed by atoms with van der Waals surface area (Å²) >= 11 is 0. The van der Waals surface area contributed by atoms with Gasteiger partial charge in [0.15, 0.2) is 0 Å². The molecule has 0 amide bonds. The maximum atomic E-state index is 11.6. The average molecular weight is 227 g/mol. The Morgan fingerprint density at radius 1 is 1.12 bits per heavy atom. The third-order valence-corrected chi connectivity index (χ3v) is 2.36. The van der Waals surface area contributed by atoms with Crippen LogP contribution in [0.15, 0.2) is 54.9 Å². The van der Waals surface area contributed by atoms with Gasteiger partial charge in [0.05, 0.1) is 12.2 Å². The van der Waals surface area contributed by atoms with E-state index in [9.17, 15) is 4.79 Å². The Bertz CT molecular complexity index is 468. The van der Waals surface area contributed by atoms with Crippen LogP contribution < -0.4 is 0 Å². The first kappa shape index (κ1) is 11.3. The topological polar surface area (TPSA) is 39.2 Å². The number of carbonyl (C=O) groups is 1. The van der Waals surface area contributed by atoms with Gasteiger partial charge in [0.1, 0.15) is 0 Å². The molecule has 1 aromatic carbocycles. The molecule has 17 heavy (non-hydrogen) atoms. The first-order chi connectivity index (χ1) is 8.36. The van der Waals surface area contributed by atoms with E-state index in [-0.39, 0.29) is 5.97 Å². The number of ether oxygens (including phenoxy) is 1. The predicted octanol–water partition coefficient (Wildman–Crippen LogP) is 2.48. The molecule has 1 aromatic heterocycles. The lowest BCUT2D eigenvalue weighted by Crippen LogP contribution is -2.08. The molecule has 0 fully saturated rings. The van der Waals surface area contributed by atoms with Gasteiger partial charge >= 0.3 is 5.97 Å². The molecule has 3 heteroatoms. The van der Waals surface area contributed by atoms with Gasteiger partial charge in [-0.2, -0.15) is 0 Å². The molecule has 0 bridgehead atoms. The van der Waals surface area contributed by atoms with Crippen LogP contribution in [0.4, 0.5) is 0 Å². The van der Waals surface area contributed by atoms with Gasteiger partial charge in [0.25, 0.3) is 0 Å². The minimum Gasteiger partial charge on any atom is -0.462 e. The van der Waals surface area contributed by atoms with Crippen LogP contribution in [0, 0.1) is 0 Å². The number of aromatic nitrogens is 1. The van der Waals surface area contributed by atoms with E-state index in [1.54, 1.807) is 18.3 Å². The number of carbonyl (C=O) groups excluding carboxylic acids is 1. The second-order valence-corrected chi connectivity index (χ2v) is 3.61. The molecule has 1 heterocycles. The second kappa shape index (κ2) is 5.80. The number of rotatable bonds is 4. The van der Waals surface area contributed by atoms with Crippen molar-refractivity contribution in [3.05, 3.63) is 66.0 Å². The van der Waals surface area contributed by atoms with Crippen molar-refractivity contribution in [1.29, 1.82) is 0 Å². The van der Waals surface area contributed by atoms with E-state index in [2.05, 4.69) is 4.98 Å². The Kier molecular flexibility index (Phi) is 3.86. The van der Waals surface area contributed by atoms with Gasteiger partial charge in [-0.05, 0) is 17.7 Å². The van der Waals surface area contributed by atoms with E-state index in [1.807, 2.05) is 30.3 Å². The fourth-order valence-electron chi connectivity index (χ4n) is 1.47. The van der Waals surface area contributed by atoms with Crippen LogP contribution in [0.25, 0.3) is 0 Å². The molecule has 0 saturated heterocycles. The van der Waals surface area contributed by atoms with E-state index in [0.29, 0.717) is 12.2 Å². The Balaban J connectivity index is 1.82. The summed E-state index contributed by atoms with van der Waals surface area (Å²) in [6.07, 6.45) is 3.86. The van der Waals surface area contributed by atoms with E-state index >= 15 is 0 Å². The van der Waals surface area contributed by atoms with Gasteiger partial charge in [0, 0.05) is 18.8 Å². The quantitative estimate of drug-likeness (QED) is 0.753. The average Bonchev–Trinajstić information content (AvgIpc) is 2.41. The molecule has 0 radical (unpaired) electrons. The van der Waals surface area contributed by atoms with E-state index < -0.39 is 0 Å². The minimum atomic E-state index is -0.325. The summed E-state index contributed by atoms with van der Waals surface area (Å²) in [6, 6.07) is 13.3. The maximum absolute atomic E-state index is 11.6. The Hall–Kier alpha value is -2.16. The largest absolute Gasteiger partial charge is 0.462 e. The van der Waals surface area contributed by atoms with Crippen molar-refractivity contribution in [3.8, 4) is 0 Å². The zero-order valence-corrected chi connectivity index (χ0v) is 9.37. The van der Waals surface area contributed by atoms with Crippen molar-refractivity contribution < 1.29 is 9.53 Å². The molecule has 0 aliphatic carbocycles. The zero-order valence-electron chi connectivity index (χ0n) is 9.37. The smallest absolute Gasteiger partial charge is 0.339 e. The van der Waals surface area contributed by atoms with Crippen LogP contribution in [-0.2, 0) is 11.2 Å². The van der Waals surface area contributed by atoms with Crippen LogP contribution in [0.3, 0.4) is 0 Å². The fraction of sp³-hybridized carbons (Fsp3) is 0.143. The predicted molar refractivity (Wildman–Crippen MR) is 64.7 cm³/mol. The van der Waals surface area contributed by atoms with Crippen molar-refractivity contribution in [2.45, 2.75) is 6.42 Å². The third-order valence-electron chi connectivity index (χ3n) is 2.36. The molecule has 0 saturated carbocycles. The van der Waals surface area contributed by atoms with Crippen molar-refractivity contribution >= 4 is 5.97 Å². The number of nitrogens with zero attached hydrogens (tertiary/aromatic N) is 1. The number of esters is 1. The van der Waals surface area contributed by atoms with Crippen molar-refractivity contribution in [1.82, 2.24) is 4.98 Å². The van der Waals surface area contributed by atoms with E-state index in [0.717, 1.165) is 12.0 Å². The standard InChI is InChI=1S/C14H13NO2/c16-14(13-7-4-9-15-11-13)17-10-8-12-5-2-1-3-6-12/h1-7,9,11H,8,10H2. The summed E-state index contributed by atoms with van der Waals surface area (Å²) in [7, 11) is 0. The Labute approximate surface area is 100 Å². The van der Waals surface area contributed by atoms with Crippen LogP contribution in [0.2, 0.25) is 0 Å². The number of hydrogen-bond acceptors (Lipinski definition) is 3. The van der Waals surface area contributed by atoms with Crippen LogP contribution in [0.5, 0.6) is 0 Å². The molecule has 3 nitrogen and oxygen atoms in total. The molecular weight excluding hydrogens is 214 g/mol. The summed E-state index contributed by atoms with van der Waals surface area (Å²) in [4.78, 5) is 15.4. The lowest BCUT2D eigenvalue weighted by atomic mass is 10.2. The van der Waals surface area contributed by atoms with Gasteiger partial charge in [-0.15, -0.1) is 0 Å². The fourth-order valence-corrected chi connectivity index (χ4v) is 1.47. The van der Waals surface area contributed by atoms with Crippen molar-refractivity contribution in [2.75, 3.05) is 6.61 Å². The minimum absolute atomic E-state index is 0.325. The molecular formula is C14H13NO2. The van der Waals surface area contributed by atoms with Crippen molar-refractivity contribution in [3.63, 3.8) is 0 Å². The number of hydrogen-bond donors (Lipinski definition) is 0. The molecule has 0 unspecified atom stereocenters. The first-order valence-corrected chi connectivity index (χ1v) is 5.47. The highest BCUT2D eigenvalue weighted by Crippen LogP contribution is 2.02. The van der Waals surface area contributed by atoms with Crippen LogP contribution >= 0.6 is 0 Å². The van der Waals surface area contributed by atoms with Gasteiger partial charge < -0.3 is 4.74 Å². The van der Waals surface area contributed by atoms with Gasteiger partial charge in [-0.1, -0.05) is 30.3 Å². The summed E-state index contributed by atoms with van der Waals surface area (Å²) in [5.74, 6) is -0.325.